The Labute approximate surface area is 202 Å². The second-order valence-electron chi connectivity index (χ2n) is 7.93. The molecule has 0 unspecified atom stereocenters. The van der Waals surface area contributed by atoms with E-state index in [0.717, 1.165) is 28.1 Å². The van der Waals surface area contributed by atoms with Crippen LogP contribution in [0.5, 0.6) is 0 Å². The second-order valence-corrected chi connectivity index (χ2v) is 8.72. The van der Waals surface area contributed by atoms with Crippen molar-refractivity contribution < 1.29 is 9.53 Å². The summed E-state index contributed by atoms with van der Waals surface area (Å²) in [6, 6.07) is 14.8. The highest BCUT2D eigenvalue weighted by molar-refractivity contribution is 6.43. The maximum Gasteiger partial charge on any atom is 0.227 e. The zero-order chi connectivity index (χ0) is 23.2. The Bertz CT molecular complexity index is 1190. The van der Waals surface area contributed by atoms with Crippen LogP contribution in [0.15, 0.2) is 58.9 Å². The fourth-order valence-electron chi connectivity index (χ4n) is 3.82. The predicted molar refractivity (Wildman–Crippen MR) is 131 cm³/mol. The fourth-order valence-corrected chi connectivity index (χ4v) is 4.24. The van der Waals surface area contributed by atoms with Crippen LogP contribution in [0.3, 0.4) is 0 Å². The number of ether oxygens (including phenoxy) is 1. The molecule has 2 aromatic rings. The Morgan fingerprint density at radius 1 is 1.09 bits per heavy atom. The molecule has 0 atom stereocenters. The summed E-state index contributed by atoms with van der Waals surface area (Å²) >= 11 is 12.5. The van der Waals surface area contributed by atoms with Gasteiger partial charge in [-0.25, -0.2) is 0 Å². The van der Waals surface area contributed by atoms with Gasteiger partial charge in [-0.1, -0.05) is 47.5 Å². The molecule has 33 heavy (non-hydrogen) atoms. The molecule has 6 nitrogen and oxygen atoms in total. The molecule has 4 rings (SSSR count). The molecule has 0 saturated carbocycles. The molecule has 0 aromatic heterocycles. The lowest BCUT2D eigenvalue weighted by Gasteiger charge is -2.27. The van der Waals surface area contributed by atoms with E-state index in [-0.39, 0.29) is 5.91 Å². The van der Waals surface area contributed by atoms with Gasteiger partial charge >= 0.3 is 0 Å². The molecule has 1 fully saturated rings. The number of carbonyl (C=O) groups excluding carboxylic acids is 1. The first-order valence-corrected chi connectivity index (χ1v) is 11.4. The minimum Gasteiger partial charge on any atom is -0.495 e. The molecular formula is C25H22Cl2N4O2. The highest BCUT2D eigenvalue weighted by Gasteiger charge is 2.21. The number of piperidine rings is 1. The fraction of sp³-hybridized carbons (Fsp3) is 0.280. The summed E-state index contributed by atoms with van der Waals surface area (Å²) in [6.07, 6.45) is 3.95. The third-order valence-corrected chi connectivity index (χ3v) is 6.42. The summed E-state index contributed by atoms with van der Waals surface area (Å²) in [5, 5.41) is 18.9. The van der Waals surface area contributed by atoms with E-state index in [9.17, 15) is 4.79 Å². The van der Waals surface area contributed by atoms with E-state index >= 15 is 0 Å². The van der Waals surface area contributed by atoms with Crippen molar-refractivity contribution in [3.8, 4) is 6.07 Å². The maximum absolute atomic E-state index is 12.6. The zero-order valence-electron chi connectivity index (χ0n) is 17.9. The van der Waals surface area contributed by atoms with Crippen LogP contribution < -0.4 is 0 Å². The number of nitriles is 1. The second kappa shape index (κ2) is 10.7. The summed E-state index contributed by atoms with van der Waals surface area (Å²) in [5.74, 6) is 0.0595. The minimum atomic E-state index is 0.0595. The summed E-state index contributed by atoms with van der Waals surface area (Å²) < 4.78 is 5.57. The van der Waals surface area contributed by atoms with Crippen LogP contribution in [0.4, 0.5) is 0 Å². The highest BCUT2D eigenvalue weighted by atomic mass is 35.5. The van der Waals surface area contributed by atoms with Crippen LogP contribution in [0, 0.1) is 11.3 Å². The molecule has 1 saturated heterocycles. The first-order chi connectivity index (χ1) is 16.0. The molecule has 0 N–H and O–H groups in total. The monoisotopic (exact) mass is 480 g/mol. The van der Waals surface area contributed by atoms with Crippen LogP contribution in [0.2, 0.25) is 10.0 Å². The van der Waals surface area contributed by atoms with Gasteiger partial charge in [-0.2, -0.15) is 15.5 Å². The number of nitrogens with zero attached hydrogens (tertiary/aromatic N) is 4. The van der Waals surface area contributed by atoms with Gasteiger partial charge < -0.3 is 9.64 Å². The molecule has 2 aliphatic heterocycles. The minimum absolute atomic E-state index is 0.0595. The van der Waals surface area contributed by atoms with E-state index in [1.807, 2.05) is 23.1 Å². The van der Waals surface area contributed by atoms with Gasteiger partial charge in [-0.3, -0.25) is 4.79 Å². The van der Waals surface area contributed by atoms with E-state index in [4.69, 9.17) is 33.2 Å². The van der Waals surface area contributed by atoms with Crippen molar-refractivity contribution >= 4 is 46.1 Å². The molecular weight excluding hydrogens is 459 g/mol. The predicted octanol–water partition coefficient (Wildman–Crippen LogP) is 5.29. The largest absolute Gasteiger partial charge is 0.495 e. The van der Waals surface area contributed by atoms with Crippen LogP contribution in [-0.2, 0) is 16.0 Å². The molecule has 0 aliphatic carbocycles. The van der Waals surface area contributed by atoms with Gasteiger partial charge in [0.1, 0.15) is 6.61 Å². The molecule has 2 heterocycles. The van der Waals surface area contributed by atoms with Gasteiger partial charge in [0.2, 0.25) is 5.91 Å². The third kappa shape index (κ3) is 5.81. The number of halogens is 2. The van der Waals surface area contributed by atoms with Crippen molar-refractivity contribution in [1.82, 2.24) is 4.90 Å². The number of hydrogen-bond acceptors (Lipinski definition) is 5. The molecule has 2 aliphatic rings. The molecule has 1 amide bonds. The van der Waals surface area contributed by atoms with Crippen molar-refractivity contribution in [3.05, 3.63) is 75.5 Å². The number of allylic oxidation sites excluding steroid dienone is 1. The van der Waals surface area contributed by atoms with E-state index in [1.165, 1.54) is 0 Å². The van der Waals surface area contributed by atoms with Crippen molar-refractivity contribution in [3.63, 3.8) is 0 Å². The first kappa shape index (κ1) is 23.0. The average Bonchev–Trinajstić information content (AvgIpc) is 2.85. The number of benzene rings is 2. The lowest BCUT2D eigenvalue weighted by molar-refractivity contribution is -0.130. The van der Waals surface area contributed by atoms with Gasteiger partial charge in [0.25, 0.3) is 0 Å². The number of amides is 1. The lowest BCUT2D eigenvalue weighted by atomic mass is 10.0. The number of likely N-dealkylation sites (tertiary alicyclic amines) is 1. The quantitative estimate of drug-likeness (QED) is 0.557. The van der Waals surface area contributed by atoms with Crippen molar-refractivity contribution in [1.29, 1.82) is 5.26 Å². The standard InChI is InChI=1S/C25H22Cl2N4O2/c26-23-6-2-5-22(25(23)27)19-13-21(16-33-15-19)30-29-20-7-9-31(10-8-20)24(32)12-17-3-1-4-18(11-17)14-28/h1-6,11,15H,7-10,12-13,16H2. The molecule has 0 spiro atoms. The summed E-state index contributed by atoms with van der Waals surface area (Å²) in [7, 11) is 0. The van der Waals surface area contributed by atoms with Gasteiger partial charge in [-0.15, -0.1) is 0 Å². The Hall–Kier alpha value is -3.14. The van der Waals surface area contributed by atoms with Crippen LogP contribution in [-0.4, -0.2) is 41.9 Å². The first-order valence-electron chi connectivity index (χ1n) is 10.7. The molecule has 168 valence electrons. The van der Waals surface area contributed by atoms with Crippen molar-refractivity contribution in [2.75, 3.05) is 19.7 Å². The van der Waals surface area contributed by atoms with Crippen molar-refractivity contribution in [2.24, 2.45) is 10.2 Å². The zero-order valence-corrected chi connectivity index (χ0v) is 19.4. The maximum atomic E-state index is 12.6. The van der Waals surface area contributed by atoms with Crippen LogP contribution in [0.25, 0.3) is 5.57 Å². The van der Waals surface area contributed by atoms with Gasteiger partial charge in [0, 0.05) is 49.2 Å². The molecule has 0 bridgehead atoms. The van der Waals surface area contributed by atoms with E-state index in [2.05, 4.69) is 16.3 Å². The Balaban J connectivity index is 1.33. The highest BCUT2D eigenvalue weighted by Crippen LogP contribution is 2.33. The van der Waals surface area contributed by atoms with E-state index in [1.54, 1.807) is 30.5 Å². The summed E-state index contributed by atoms with van der Waals surface area (Å²) in [6.45, 7) is 1.60. The molecule has 2 aromatic carbocycles. The summed E-state index contributed by atoms with van der Waals surface area (Å²) in [4.78, 5) is 14.5. The van der Waals surface area contributed by atoms with Gasteiger partial charge in [0.15, 0.2) is 0 Å². The molecule has 0 radical (unpaired) electrons. The number of carbonyl (C=O) groups is 1. The normalized spacial score (nSPS) is 17.2. The van der Waals surface area contributed by atoms with Crippen LogP contribution in [0.1, 0.15) is 36.0 Å². The average molecular weight is 481 g/mol. The number of hydrogen-bond donors (Lipinski definition) is 0. The van der Waals surface area contributed by atoms with Gasteiger partial charge in [0.05, 0.1) is 40.1 Å². The van der Waals surface area contributed by atoms with Crippen LogP contribution >= 0.6 is 23.2 Å². The topological polar surface area (TPSA) is 78.0 Å². The SMILES string of the molecule is N#Cc1cccc(CC(=O)N2CCC(=NN=C3COC=C(c4cccc(Cl)c4Cl)C3)CC2)c1. The van der Waals surface area contributed by atoms with E-state index in [0.29, 0.717) is 61.0 Å². The molecule has 8 heteroatoms. The lowest BCUT2D eigenvalue weighted by Crippen LogP contribution is -2.39. The Morgan fingerprint density at radius 2 is 1.85 bits per heavy atom. The smallest absolute Gasteiger partial charge is 0.227 e. The van der Waals surface area contributed by atoms with Gasteiger partial charge in [-0.05, 0) is 23.8 Å². The third-order valence-electron chi connectivity index (χ3n) is 5.61. The summed E-state index contributed by atoms with van der Waals surface area (Å²) in [5.41, 5.74) is 4.94. The number of rotatable bonds is 4. The van der Waals surface area contributed by atoms with E-state index < -0.39 is 0 Å². The van der Waals surface area contributed by atoms with Crippen molar-refractivity contribution in [2.45, 2.75) is 25.7 Å². The Morgan fingerprint density at radius 3 is 2.64 bits per heavy atom. The Kier molecular flexibility index (Phi) is 7.43.